The minimum Gasteiger partial charge on any atom is -0.486 e. The molecule has 0 aliphatic rings. The Morgan fingerprint density at radius 2 is 2.00 bits per heavy atom. The van der Waals surface area contributed by atoms with Gasteiger partial charge in [0.25, 0.3) is 5.91 Å². The van der Waals surface area contributed by atoms with Crippen LogP contribution in [0.2, 0.25) is 0 Å². The highest BCUT2D eigenvalue weighted by molar-refractivity contribution is 5.91. The molecule has 6 nitrogen and oxygen atoms in total. The van der Waals surface area contributed by atoms with Gasteiger partial charge in [-0.05, 0) is 22.9 Å². The Morgan fingerprint density at radius 3 is 2.81 bits per heavy atom. The summed E-state index contributed by atoms with van der Waals surface area (Å²) in [5, 5.41) is 5.84. The first-order valence-electron chi connectivity index (χ1n) is 6.34. The first-order valence-corrected chi connectivity index (χ1v) is 6.34. The minimum atomic E-state index is -0.504. The van der Waals surface area contributed by atoms with Gasteiger partial charge in [-0.1, -0.05) is 35.5 Å². The number of aromatic nitrogens is 1. The molecule has 0 aliphatic heterocycles. The lowest BCUT2D eigenvalue weighted by atomic mass is 10.1. The first-order chi connectivity index (χ1) is 10.3. The number of amides is 1. The molecule has 3 N–H and O–H groups in total. The van der Waals surface area contributed by atoms with Gasteiger partial charge in [-0.3, -0.25) is 10.2 Å². The molecule has 0 bridgehead atoms. The van der Waals surface area contributed by atoms with E-state index >= 15 is 0 Å². The van der Waals surface area contributed by atoms with Crippen molar-refractivity contribution in [3.05, 3.63) is 60.0 Å². The maximum atomic E-state index is 11.2. The van der Waals surface area contributed by atoms with Crippen LogP contribution in [-0.2, 0) is 6.61 Å². The van der Waals surface area contributed by atoms with Crippen LogP contribution in [0.3, 0.4) is 0 Å². The molecular formula is C15H13N3O3. The number of nitrogen functional groups attached to an aromatic ring is 1. The van der Waals surface area contributed by atoms with E-state index in [4.69, 9.17) is 15.1 Å². The second-order valence-corrected chi connectivity index (χ2v) is 4.45. The third-order valence-corrected chi connectivity index (χ3v) is 3.02. The van der Waals surface area contributed by atoms with Gasteiger partial charge in [0.05, 0.1) is 0 Å². The molecule has 3 aromatic rings. The summed E-state index contributed by atoms with van der Waals surface area (Å²) in [6.07, 6.45) is 0. The lowest BCUT2D eigenvalue weighted by Gasteiger charge is -2.05. The van der Waals surface area contributed by atoms with Gasteiger partial charge < -0.3 is 9.26 Å². The molecule has 0 unspecified atom stereocenters. The van der Waals surface area contributed by atoms with E-state index in [1.165, 1.54) is 6.07 Å². The van der Waals surface area contributed by atoms with Gasteiger partial charge in [-0.25, -0.2) is 5.84 Å². The zero-order chi connectivity index (χ0) is 14.7. The summed E-state index contributed by atoms with van der Waals surface area (Å²) >= 11 is 0. The Kier molecular flexibility index (Phi) is 3.53. The number of nitrogens with two attached hydrogens (primary N) is 1. The number of hydrazine groups is 1. The van der Waals surface area contributed by atoms with Crippen LogP contribution < -0.4 is 16.0 Å². The highest BCUT2D eigenvalue weighted by atomic mass is 16.5. The van der Waals surface area contributed by atoms with Crippen LogP contribution in [0.25, 0.3) is 10.8 Å². The smallest absolute Gasteiger partial charge is 0.287 e. The van der Waals surface area contributed by atoms with Crippen LogP contribution in [-0.4, -0.2) is 11.1 Å². The fourth-order valence-electron chi connectivity index (χ4n) is 1.97. The van der Waals surface area contributed by atoms with Crippen molar-refractivity contribution in [1.82, 2.24) is 10.6 Å². The third kappa shape index (κ3) is 2.85. The van der Waals surface area contributed by atoms with Crippen molar-refractivity contribution < 1.29 is 14.1 Å². The van der Waals surface area contributed by atoms with Crippen LogP contribution in [0.1, 0.15) is 16.2 Å². The molecule has 0 saturated heterocycles. The SMILES string of the molecule is NNC(=O)c1cc(COc2ccc3ccccc3c2)on1. The first kappa shape index (κ1) is 13.1. The number of benzene rings is 2. The van der Waals surface area contributed by atoms with Gasteiger partial charge >= 0.3 is 0 Å². The summed E-state index contributed by atoms with van der Waals surface area (Å²) in [5.41, 5.74) is 2.11. The predicted molar refractivity (Wildman–Crippen MR) is 76.4 cm³/mol. The summed E-state index contributed by atoms with van der Waals surface area (Å²) in [4.78, 5) is 11.2. The maximum absolute atomic E-state index is 11.2. The standard InChI is InChI=1S/C15H13N3O3/c16-17-15(19)14-8-13(21-18-14)9-20-12-6-5-10-3-1-2-4-11(10)7-12/h1-8H,9,16H2,(H,17,19). The second kappa shape index (κ2) is 5.64. The van der Waals surface area contributed by atoms with E-state index in [2.05, 4.69) is 5.16 Å². The van der Waals surface area contributed by atoms with Crippen LogP contribution in [0.15, 0.2) is 53.1 Å². The van der Waals surface area contributed by atoms with E-state index in [9.17, 15) is 4.79 Å². The van der Waals surface area contributed by atoms with Gasteiger partial charge in [0, 0.05) is 6.07 Å². The van der Waals surface area contributed by atoms with Gasteiger partial charge in [-0.15, -0.1) is 0 Å². The van der Waals surface area contributed by atoms with Crippen molar-refractivity contribution in [3.63, 3.8) is 0 Å². The van der Waals surface area contributed by atoms with Crippen LogP contribution in [0, 0.1) is 0 Å². The van der Waals surface area contributed by atoms with E-state index < -0.39 is 5.91 Å². The van der Waals surface area contributed by atoms with Crippen molar-refractivity contribution in [3.8, 4) is 5.75 Å². The quantitative estimate of drug-likeness (QED) is 0.434. The van der Waals surface area contributed by atoms with Gasteiger partial charge in [0.1, 0.15) is 12.4 Å². The molecule has 0 atom stereocenters. The van der Waals surface area contributed by atoms with Gasteiger partial charge in [-0.2, -0.15) is 0 Å². The summed E-state index contributed by atoms with van der Waals surface area (Å²) < 4.78 is 10.6. The topological polar surface area (TPSA) is 90.4 Å². The number of nitrogens with one attached hydrogen (secondary N) is 1. The number of hydrogen-bond acceptors (Lipinski definition) is 5. The molecule has 0 fully saturated rings. The highest BCUT2D eigenvalue weighted by Crippen LogP contribution is 2.21. The summed E-state index contributed by atoms with van der Waals surface area (Å²) in [6.45, 7) is 0.184. The number of ether oxygens (including phenoxy) is 1. The Morgan fingerprint density at radius 1 is 1.19 bits per heavy atom. The van der Waals surface area contributed by atoms with E-state index in [0.29, 0.717) is 5.76 Å². The average Bonchev–Trinajstić information content (AvgIpc) is 3.01. The summed E-state index contributed by atoms with van der Waals surface area (Å²) in [6, 6.07) is 15.3. The molecule has 2 aromatic carbocycles. The number of carbonyl (C=O) groups excluding carboxylic acids is 1. The molecule has 106 valence electrons. The van der Waals surface area contributed by atoms with Crippen molar-refractivity contribution in [2.75, 3.05) is 0 Å². The Balaban J connectivity index is 1.71. The highest BCUT2D eigenvalue weighted by Gasteiger charge is 2.11. The number of hydrogen-bond donors (Lipinski definition) is 2. The monoisotopic (exact) mass is 283 g/mol. The van der Waals surface area contributed by atoms with E-state index in [-0.39, 0.29) is 12.3 Å². The Bertz CT molecular complexity index is 782. The maximum Gasteiger partial charge on any atom is 0.287 e. The summed E-state index contributed by atoms with van der Waals surface area (Å²) in [7, 11) is 0. The van der Waals surface area contributed by atoms with Crippen molar-refractivity contribution in [2.45, 2.75) is 6.61 Å². The molecule has 3 rings (SSSR count). The zero-order valence-electron chi connectivity index (χ0n) is 11.1. The molecule has 0 saturated carbocycles. The second-order valence-electron chi connectivity index (χ2n) is 4.45. The zero-order valence-corrected chi connectivity index (χ0v) is 11.1. The number of nitrogens with zero attached hydrogens (tertiary/aromatic N) is 1. The molecule has 6 heteroatoms. The molecular weight excluding hydrogens is 270 g/mol. The normalized spacial score (nSPS) is 10.5. The summed E-state index contributed by atoms with van der Waals surface area (Å²) in [5.74, 6) is 5.68. The van der Waals surface area contributed by atoms with Crippen LogP contribution >= 0.6 is 0 Å². The largest absolute Gasteiger partial charge is 0.486 e. The fraction of sp³-hybridized carbons (Fsp3) is 0.0667. The van der Waals surface area contributed by atoms with Crippen molar-refractivity contribution in [2.24, 2.45) is 5.84 Å². The van der Waals surface area contributed by atoms with Crippen LogP contribution in [0.4, 0.5) is 0 Å². The molecule has 1 aromatic heterocycles. The van der Waals surface area contributed by atoms with Crippen molar-refractivity contribution >= 4 is 16.7 Å². The molecule has 0 radical (unpaired) electrons. The van der Waals surface area contributed by atoms with E-state index in [1.807, 2.05) is 47.9 Å². The van der Waals surface area contributed by atoms with Gasteiger partial charge in [0.15, 0.2) is 11.5 Å². The Labute approximate surface area is 120 Å². The van der Waals surface area contributed by atoms with E-state index in [0.717, 1.165) is 16.5 Å². The van der Waals surface area contributed by atoms with Crippen molar-refractivity contribution in [1.29, 1.82) is 0 Å². The number of carbonyl (C=O) groups is 1. The molecule has 0 aliphatic carbocycles. The lowest BCUT2D eigenvalue weighted by Crippen LogP contribution is -2.30. The molecule has 0 spiro atoms. The number of fused-ring (bicyclic) bond motifs is 1. The van der Waals surface area contributed by atoms with E-state index in [1.54, 1.807) is 0 Å². The minimum absolute atomic E-state index is 0.120. The predicted octanol–water partition coefficient (Wildman–Crippen LogP) is 2.01. The lowest BCUT2D eigenvalue weighted by molar-refractivity contribution is 0.0944. The Hall–Kier alpha value is -2.86. The van der Waals surface area contributed by atoms with Gasteiger partial charge in [0.2, 0.25) is 0 Å². The average molecular weight is 283 g/mol. The third-order valence-electron chi connectivity index (χ3n) is 3.02. The molecule has 21 heavy (non-hydrogen) atoms. The molecule has 1 heterocycles. The van der Waals surface area contributed by atoms with Crippen LogP contribution in [0.5, 0.6) is 5.75 Å². The molecule has 1 amide bonds. The number of rotatable bonds is 4. The fourth-order valence-corrected chi connectivity index (χ4v) is 1.97.